The summed E-state index contributed by atoms with van der Waals surface area (Å²) in [4.78, 5) is 11.1. The van der Waals surface area contributed by atoms with Crippen molar-refractivity contribution in [3.05, 3.63) is 0 Å². The van der Waals surface area contributed by atoms with Crippen LogP contribution in [0.1, 0.15) is 13.8 Å². The number of nitrogens with zero attached hydrogens (tertiary/aromatic N) is 1. The molecule has 0 aliphatic heterocycles. The highest BCUT2D eigenvalue weighted by molar-refractivity contribution is 6.22. The number of carbonyl (C=O) groups excluding carboxylic acids is 1. The molecule has 138 valence electrons. The summed E-state index contributed by atoms with van der Waals surface area (Å²) >= 11 is 3.63. The van der Waals surface area contributed by atoms with Crippen LogP contribution in [-0.4, -0.2) is 53.0 Å². The van der Waals surface area contributed by atoms with E-state index in [1.165, 1.54) is 0 Å². The molecule has 0 heterocycles. The number of amides is 1. The molecule has 0 saturated carbocycles. The molecule has 0 atom stereocenters. The molecule has 0 N–H and O–H groups in total. The number of hydrogen-bond donors (Lipinski definition) is 0. The Labute approximate surface area is 128 Å². The van der Waals surface area contributed by atoms with Crippen LogP contribution in [0, 0.1) is 0 Å². The van der Waals surface area contributed by atoms with Crippen molar-refractivity contribution in [3.8, 4) is 0 Å². The van der Waals surface area contributed by atoms with Crippen LogP contribution in [0.25, 0.3) is 0 Å². The number of hydrogen-bond acceptors (Lipinski definition) is 1. The first kappa shape index (κ1) is 22.1. The fraction of sp³-hybridized carbons (Fsp3) is 0.900. The molecule has 0 radical (unpaired) electrons. The largest absolute Gasteiger partial charge is 0.393 e. The maximum Gasteiger partial charge on any atom is 0.393 e. The van der Waals surface area contributed by atoms with E-state index in [9.17, 15) is 48.7 Å². The molecule has 0 fully saturated rings. The van der Waals surface area contributed by atoms with Crippen LogP contribution in [-0.2, 0) is 4.79 Å². The van der Waals surface area contributed by atoms with E-state index in [2.05, 4.69) is 11.6 Å². The number of halogens is 11. The highest BCUT2D eigenvalue weighted by Crippen LogP contribution is 2.58. The van der Waals surface area contributed by atoms with E-state index < -0.39 is 48.1 Å². The van der Waals surface area contributed by atoms with Gasteiger partial charge in [0.15, 0.2) is 0 Å². The van der Waals surface area contributed by atoms with Gasteiger partial charge in [0.1, 0.15) is 0 Å². The zero-order chi connectivity index (χ0) is 19.1. The molecule has 0 bridgehead atoms. The molecule has 0 rings (SSSR count). The van der Waals surface area contributed by atoms with Crippen molar-refractivity contribution in [2.24, 2.45) is 0 Å². The van der Waals surface area contributed by atoms with Crippen LogP contribution < -0.4 is 0 Å². The minimum absolute atomic E-state index is 0.0546. The molecule has 0 aromatic heterocycles. The van der Waals surface area contributed by atoms with Crippen molar-refractivity contribution in [2.45, 2.75) is 42.9 Å². The summed E-state index contributed by atoms with van der Waals surface area (Å²) in [7, 11) is 0. The lowest BCUT2D eigenvalue weighted by atomic mass is 9.97. The summed E-state index contributed by atoms with van der Waals surface area (Å²) in [5.74, 6) is -30.8. The lowest BCUT2D eigenvalue weighted by molar-refractivity contribution is -0.383. The normalized spacial score (nSPS) is 14.8. The summed E-state index contributed by atoms with van der Waals surface area (Å²) in [5, 5.41) is -6.27. The van der Waals surface area contributed by atoms with E-state index in [0.29, 0.717) is 0 Å². The Kier molecular flexibility index (Phi) is 5.92. The predicted molar refractivity (Wildman–Crippen MR) is 58.5 cm³/mol. The summed E-state index contributed by atoms with van der Waals surface area (Å²) in [6, 6.07) is 0. The van der Waals surface area contributed by atoms with Crippen molar-refractivity contribution in [1.29, 1.82) is 0 Å². The average molecular weight is 386 g/mol. The standard InChI is InChI=1S/C10H10ClF10NO/c1-3-22(4-2)5(23)6(12,13)7(14,15)8(16,17)9(18,19)10(11,20)21/h3-4H2,1-2H3. The SMILES string of the molecule is CCN(CC)C(=O)C(F)(F)C(F)(F)C(F)(F)C(F)(F)C(F)(F)Cl. The van der Waals surface area contributed by atoms with E-state index in [0.717, 1.165) is 13.8 Å². The van der Waals surface area contributed by atoms with Gasteiger partial charge in [-0.1, -0.05) is 0 Å². The molecule has 2 nitrogen and oxygen atoms in total. The van der Waals surface area contributed by atoms with Crippen LogP contribution >= 0.6 is 11.6 Å². The van der Waals surface area contributed by atoms with Gasteiger partial charge in [0.25, 0.3) is 5.91 Å². The molecular weight excluding hydrogens is 376 g/mol. The fourth-order valence-corrected chi connectivity index (χ4v) is 1.53. The van der Waals surface area contributed by atoms with Crippen LogP contribution in [0.3, 0.4) is 0 Å². The predicted octanol–water partition coefficient (Wildman–Crippen LogP) is 4.23. The molecule has 1 amide bonds. The molecule has 0 aromatic rings. The topological polar surface area (TPSA) is 20.3 Å². The smallest absolute Gasteiger partial charge is 0.338 e. The van der Waals surface area contributed by atoms with E-state index in [-0.39, 0.29) is 4.90 Å². The fourth-order valence-electron chi connectivity index (χ4n) is 1.42. The lowest BCUT2D eigenvalue weighted by Gasteiger charge is -2.38. The second kappa shape index (κ2) is 6.17. The summed E-state index contributed by atoms with van der Waals surface area (Å²) in [6.45, 7) is 0.730. The zero-order valence-corrected chi connectivity index (χ0v) is 12.2. The van der Waals surface area contributed by atoms with Gasteiger partial charge in [0, 0.05) is 13.1 Å². The summed E-state index contributed by atoms with van der Waals surface area (Å²) < 4.78 is 130. The van der Waals surface area contributed by atoms with Crippen LogP contribution in [0.5, 0.6) is 0 Å². The Balaban J connectivity index is 6.09. The van der Waals surface area contributed by atoms with E-state index in [1.807, 2.05) is 0 Å². The number of rotatable bonds is 7. The Bertz CT molecular complexity index is 443. The van der Waals surface area contributed by atoms with Crippen molar-refractivity contribution >= 4 is 17.5 Å². The molecule has 23 heavy (non-hydrogen) atoms. The maximum absolute atomic E-state index is 13.4. The minimum Gasteiger partial charge on any atom is -0.338 e. The first-order valence-corrected chi connectivity index (χ1v) is 6.18. The van der Waals surface area contributed by atoms with Crippen molar-refractivity contribution in [3.63, 3.8) is 0 Å². The van der Waals surface area contributed by atoms with Gasteiger partial charge in [0.05, 0.1) is 0 Å². The Morgan fingerprint density at radius 2 is 1.13 bits per heavy atom. The number of carbonyl (C=O) groups is 1. The van der Waals surface area contributed by atoms with Gasteiger partial charge < -0.3 is 4.90 Å². The average Bonchev–Trinajstić information content (AvgIpc) is 2.37. The van der Waals surface area contributed by atoms with Crippen LogP contribution in [0.2, 0.25) is 0 Å². The van der Waals surface area contributed by atoms with Gasteiger partial charge in [-0.15, -0.1) is 0 Å². The monoisotopic (exact) mass is 385 g/mol. The van der Waals surface area contributed by atoms with Crippen molar-refractivity contribution in [2.75, 3.05) is 13.1 Å². The van der Waals surface area contributed by atoms with E-state index >= 15 is 0 Å². The van der Waals surface area contributed by atoms with Crippen molar-refractivity contribution < 1.29 is 48.7 Å². The van der Waals surface area contributed by atoms with E-state index in [1.54, 1.807) is 0 Å². The molecule has 0 aromatic carbocycles. The third kappa shape index (κ3) is 3.18. The quantitative estimate of drug-likeness (QED) is 0.474. The molecule has 0 spiro atoms. The molecule has 13 heteroatoms. The van der Waals surface area contributed by atoms with Gasteiger partial charge in [-0.25, -0.2) is 0 Å². The van der Waals surface area contributed by atoms with Gasteiger partial charge in [-0.05, 0) is 25.4 Å². The molecule has 0 unspecified atom stereocenters. The Morgan fingerprint density at radius 1 is 0.783 bits per heavy atom. The highest BCUT2D eigenvalue weighted by atomic mass is 35.5. The molecule has 0 aliphatic carbocycles. The molecular formula is C10H10ClF10NO. The van der Waals surface area contributed by atoms with Crippen LogP contribution in [0.15, 0.2) is 0 Å². The molecule has 0 aliphatic rings. The Hall–Kier alpha value is -0.940. The summed E-state index contributed by atoms with van der Waals surface area (Å²) in [6.07, 6.45) is 0. The highest BCUT2D eigenvalue weighted by Gasteiger charge is 2.87. The van der Waals surface area contributed by atoms with E-state index in [4.69, 9.17) is 0 Å². The second-order valence-corrected chi connectivity index (χ2v) is 4.75. The first-order valence-electron chi connectivity index (χ1n) is 5.80. The second-order valence-electron chi connectivity index (χ2n) is 4.27. The van der Waals surface area contributed by atoms with Gasteiger partial charge in [-0.3, -0.25) is 4.79 Å². The Morgan fingerprint density at radius 3 is 1.39 bits per heavy atom. The van der Waals surface area contributed by atoms with Crippen LogP contribution in [0.4, 0.5) is 43.9 Å². The van der Waals surface area contributed by atoms with Gasteiger partial charge in [-0.2, -0.15) is 43.9 Å². The first-order chi connectivity index (χ1) is 9.93. The number of alkyl halides is 11. The van der Waals surface area contributed by atoms with Gasteiger partial charge in [0.2, 0.25) is 0 Å². The molecule has 0 saturated heterocycles. The minimum atomic E-state index is -7.32. The lowest BCUT2D eigenvalue weighted by Crippen LogP contribution is -2.69. The van der Waals surface area contributed by atoms with Crippen molar-refractivity contribution in [1.82, 2.24) is 4.90 Å². The third-order valence-corrected chi connectivity index (χ3v) is 3.10. The third-order valence-electron chi connectivity index (χ3n) is 2.86. The maximum atomic E-state index is 13.4. The van der Waals surface area contributed by atoms with Gasteiger partial charge >= 0.3 is 29.1 Å². The zero-order valence-electron chi connectivity index (χ0n) is 11.4. The summed E-state index contributed by atoms with van der Waals surface area (Å²) in [5.41, 5.74) is 0.